The standard InChI is InChI=1S/C30H48N3.Co/c1-17(2)23-11-21(9)12-24(18(3)4)29(23)27(31)15-33-16-28(32)30-25(19(5)6)13-22(10)14-26(30)20(7)8;/h11-14,17-20,27-28H,15-16,31-32H2,1-10H3;/q-1;+1. The van der Waals surface area contributed by atoms with Gasteiger partial charge in [0.25, 0.3) is 0 Å². The number of aryl methyl sites for hydroxylation is 2. The third-order valence-corrected chi connectivity index (χ3v) is 7.16. The fourth-order valence-electron chi connectivity index (χ4n) is 5.14. The molecule has 3 nitrogen and oxygen atoms in total. The molecule has 0 radical (unpaired) electrons. The molecule has 0 aliphatic rings. The zero-order valence-corrected chi connectivity index (χ0v) is 24.2. The molecule has 4 heteroatoms. The summed E-state index contributed by atoms with van der Waals surface area (Å²) in [5, 5.41) is 0. The summed E-state index contributed by atoms with van der Waals surface area (Å²) in [6, 6.07) is 8.97. The molecule has 0 heterocycles. The van der Waals surface area contributed by atoms with Crippen molar-refractivity contribution in [3.05, 3.63) is 68.8 Å². The number of hydrogen-bond acceptors (Lipinski definition) is 3. The van der Waals surface area contributed by atoms with Crippen molar-refractivity contribution in [2.45, 2.75) is 105 Å². The zero-order chi connectivity index (χ0) is 25.9. The molecule has 2 rings (SSSR count). The normalized spacial score (nSPS) is 14.2. The Bertz CT molecular complexity index is 826. The molecular formula is C30H48CoN3. The van der Waals surface area contributed by atoms with Gasteiger partial charge in [-0.1, -0.05) is 0 Å². The van der Waals surface area contributed by atoms with Gasteiger partial charge in [0.15, 0.2) is 0 Å². The first-order valence-corrected chi connectivity index (χ1v) is 13.4. The molecule has 0 bridgehead atoms. The Morgan fingerprint density at radius 1 is 0.588 bits per heavy atom. The van der Waals surface area contributed by atoms with Gasteiger partial charge in [0, 0.05) is 0 Å². The Labute approximate surface area is 217 Å². The van der Waals surface area contributed by atoms with Crippen molar-refractivity contribution < 1.29 is 16.0 Å². The summed E-state index contributed by atoms with van der Waals surface area (Å²) in [6.45, 7) is 23.7. The number of hydrogen-bond donors (Lipinski definition) is 2. The monoisotopic (exact) mass is 509 g/mol. The SMILES string of the molecule is Cc1cc(C(C)C)c(C(N)C[N]([Co])CC(N)c2c(C(C)C)cc(C)cc2C(C)C)c(C(C)C)c1. The fraction of sp³-hybridized carbons (Fsp3) is 0.600. The third-order valence-electron chi connectivity index (χ3n) is 6.78. The van der Waals surface area contributed by atoms with E-state index in [9.17, 15) is 0 Å². The summed E-state index contributed by atoms with van der Waals surface area (Å²) >= 11 is 4.93. The van der Waals surface area contributed by atoms with E-state index in [1.54, 1.807) is 0 Å². The van der Waals surface area contributed by atoms with Crippen LogP contribution in [0, 0.1) is 13.8 Å². The van der Waals surface area contributed by atoms with Crippen LogP contribution in [0.15, 0.2) is 24.3 Å². The van der Waals surface area contributed by atoms with Crippen molar-refractivity contribution in [1.82, 2.24) is 3.95 Å². The van der Waals surface area contributed by atoms with Crippen molar-refractivity contribution in [2.24, 2.45) is 11.5 Å². The molecule has 2 unspecified atom stereocenters. The Morgan fingerprint density at radius 2 is 0.824 bits per heavy atom. The zero-order valence-electron chi connectivity index (χ0n) is 23.1. The molecule has 0 saturated heterocycles. The quantitative estimate of drug-likeness (QED) is 0.354. The van der Waals surface area contributed by atoms with Crippen LogP contribution in [0.2, 0.25) is 0 Å². The van der Waals surface area contributed by atoms with E-state index in [-0.39, 0.29) is 12.1 Å². The van der Waals surface area contributed by atoms with Gasteiger partial charge >= 0.3 is 218 Å². The molecule has 0 saturated carbocycles. The average molecular weight is 510 g/mol. The van der Waals surface area contributed by atoms with E-state index in [1.807, 2.05) is 3.95 Å². The van der Waals surface area contributed by atoms with Crippen LogP contribution >= 0.6 is 0 Å². The number of nitrogens with two attached hydrogens (primary N) is 2. The van der Waals surface area contributed by atoms with Crippen molar-refractivity contribution >= 4 is 0 Å². The van der Waals surface area contributed by atoms with E-state index >= 15 is 0 Å². The van der Waals surface area contributed by atoms with Crippen LogP contribution in [-0.2, 0) is 16.0 Å². The second-order valence-electron chi connectivity index (χ2n) is 11.3. The summed E-state index contributed by atoms with van der Waals surface area (Å²) in [6.07, 6.45) is 0. The van der Waals surface area contributed by atoms with Gasteiger partial charge in [-0.05, 0) is 0 Å². The van der Waals surface area contributed by atoms with Crippen molar-refractivity contribution in [2.75, 3.05) is 13.1 Å². The molecule has 0 aliphatic carbocycles. The van der Waals surface area contributed by atoms with E-state index in [4.69, 9.17) is 27.4 Å². The molecular weight excluding hydrogens is 461 g/mol. The molecule has 0 aromatic heterocycles. The fourth-order valence-corrected chi connectivity index (χ4v) is 5.55. The topological polar surface area (TPSA) is 55.3 Å². The number of benzene rings is 2. The Hall–Kier alpha value is -1.17. The van der Waals surface area contributed by atoms with Gasteiger partial charge in [-0.15, -0.1) is 0 Å². The van der Waals surface area contributed by atoms with Crippen LogP contribution in [-0.4, -0.2) is 17.0 Å². The van der Waals surface area contributed by atoms with Crippen molar-refractivity contribution in [1.29, 1.82) is 0 Å². The summed E-state index contributed by atoms with van der Waals surface area (Å²) in [4.78, 5) is 0. The summed E-state index contributed by atoms with van der Waals surface area (Å²) in [7, 11) is 0. The molecule has 2 aromatic carbocycles. The van der Waals surface area contributed by atoms with Crippen molar-refractivity contribution in [3.8, 4) is 0 Å². The maximum absolute atomic E-state index is 6.88. The van der Waals surface area contributed by atoms with E-state index < -0.39 is 0 Å². The predicted molar refractivity (Wildman–Crippen MR) is 144 cm³/mol. The molecule has 2 atom stereocenters. The minimum atomic E-state index is -0.120. The second-order valence-corrected chi connectivity index (χ2v) is 12.0. The van der Waals surface area contributed by atoms with E-state index in [0.29, 0.717) is 36.8 Å². The molecule has 0 fully saturated rings. The second kappa shape index (κ2) is 12.2. The Balaban J connectivity index is 2.35. The maximum atomic E-state index is 6.88. The molecule has 0 aliphatic heterocycles. The van der Waals surface area contributed by atoms with Crippen LogP contribution < -0.4 is 11.5 Å². The summed E-state index contributed by atoms with van der Waals surface area (Å²) in [5.41, 5.74) is 24.3. The van der Waals surface area contributed by atoms with Crippen LogP contribution in [0.25, 0.3) is 0 Å². The first-order chi connectivity index (χ1) is 15.7. The van der Waals surface area contributed by atoms with Crippen LogP contribution in [0.1, 0.15) is 136 Å². The van der Waals surface area contributed by atoms with E-state index in [1.165, 1.54) is 44.5 Å². The van der Waals surface area contributed by atoms with Gasteiger partial charge < -0.3 is 0 Å². The first kappa shape index (κ1) is 29.1. The summed E-state index contributed by atoms with van der Waals surface area (Å²) < 4.78 is 2.02. The summed E-state index contributed by atoms with van der Waals surface area (Å²) in [5.74, 6) is 1.68. The third kappa shape index (κ3) is 6.95. The van der Waals surface area contributed by atoms with Gasteiger partial charge in [-0.3, -0.25) is 0 Å². The Morgan fingerprint density at radius 3 is 1.03 bits per heavy atom. The first-order valence-electron chi connectivity index (χ1n) is 12.9. The van der Waals surface area contributed by atoms with Gasteiger partial charge in [-0.25, -0.2) is 0 Å². The Kier molecular flexibility index (Phi) is 10.4. The van der Waals surface area contributed by atoms with E-state index in [2.05, 4.69) is 93.5 Å². The molecule has 2 aromatic rings. The van der Waals surface area contributed by atoms with Crippen LogP contribution in [0.3, 0.4) is 0 Å². The molecule has 0 amide bonds. The molecule has 4 N–H and O–H groups in total. The van der Waals surface area contributed by atoms with E-state index in [0.717, 1.165) is 0 Å². The van der Waals surface area contributed by atoms with Crippen molar-refractivity contribution in [3.63, 3.8) is 0 Å². The molecule has 192 valence electrons. The van der Waals surface area contributed by atoms with Gasteiger partial charge in [0.2, 0.25) is 0 Å². The van der Waals surface area contributed by atoms with Crippen LogP contribution in [0.5, 0.6) is 0 Å². The average Bonchev–Trinajstić information content (AvgIpc) is 2.71. The predicted octanol–water partition coefficient (Wildman–Crippen LogP) is 7.26. The molecule has 0 spiro atoms. The van der Waals surface area contributed by atoms with Gasteiger partial charge in [0.05, 0.1) is 0 Å². The van der Waals surface area contributed by atoms with Gasteiger partial charge in [-0.2, -0.15) is 0 Å². The number of rotatable bonds is 10. The number of nitrogens with zero attached hydrogens (tertiary/aromatic N) is 1. The molecule has 34 heavy (non-hydrogen) atoms. The van der Waals surface area contributed by atoms with Gasteiger partial charge in [0.1, 0.15) is 0 Å². The van der Waals surface area contributed by atoms with Crippen LogP contribution in [0.4, 0.5) is 0 Å². The minimum absolute atomic E-state index is 0.120.